The smallest absolute Gasteiger partial charge is 0.350 e. The van der Waals surface area contributed by atoms with Gasteiger partial charge in [-0.2, -0.15) is 0 Å². The third kappa shape index (κ3) is 4.91. The van der Waals surface area contributed by atoms with E-state index in [1.165, 1.54) is 27.4 Å². The van der Waals surface area contributed by atoms with Gasteiger partial charge in [0.25, 0.3) is 5.78 Å². The summed E-state index contributed by atoms with van der Waals surface area (Å²) in [7, 11) is 4.42. The molecule has 1 aliphatic heterocycles. The fraction of sp³-hybridized carbons (Fsp3) is 0.241. The molecule has 1 atom stereocenters. The van der Waals surface area contributed by atoms with Crippen LogP contribution in [0.25, 0.3) is 5.76 Å². The first-order chi connectivity index (χ1) is 19.2. The van der Waals surface area contributed by atoms with Crippen LogP contribution >= 0.6 is 11.3 Å². The minimum atomic E-state index is -1.16. The number of esters is 1. The van der Waals surface area contributed by atoms with Gasteiger partial charge in [0.05, 0.1) is 32.6 Å². The summed E-state index contributed by atoms with van der Waals surface area (Å²) in [6, 6.07) is 8.82. The molecule has 3 aromatic rings. The van der Waals surface area contributed by atoms with Gasteiger partial charge in [0, 0.05) is 11.1 Å². The molecule has 0 aliphatic carbocycles. The van der Waals surface area contributed by atoms with Gasteiger partial charge in [-0.25, -0.2) is 9.78 Å². The summed E-state index contributed by atoms with van der Waals surface area (Å²) in [5.74, 6) is -1.69. The highest BCUT2D eigenvalue weighted by molar-refractivity contribution is 7.17. The van der Waals surface area contributed by atoms with Gasteiger partial charge in [-0.1, -0.05) is 36.1 Å². The predicted molar refractivity (Wildman–Crippen MR) is 149 cm³/mol. The van der Waals surface area contributed by atoms with Crippen LogP contribution in [0.5, 0.6) is 17.2 Å². The van der Waals surface area contributed by atoms with E-state index in [4.69, 9.17) is 18.9 Å². The number of nitrogens with zero attached hydrogens (tertiary/aromatic N) is 2. The molecule has 2 heterocycles. The Morgan fingerprint density at radius 1 is 1.12 bits per heavy atom. The summed E-state index contributed by atoms with van der Waals surface area (Å²) in [5.41, 5.74) is 1.48. The van der Waals surface area contributed by atoms with Gasteiger partial charge in [0.2, 0.25) is 0 Å². The lowest BCUT2D eigenvalue weighted by Gasteiger charge is -2.25. The van der Waals surface area contributed by atoms with Crippen LogP contribution in [0.4, 0.5) is 5.13 Å². The molecule has 0 saturated carbocycles. The van der Waals surface area contributed by atoms with Gasteiger partial charge in [-0.3, -0.25) is 14.5 Å². The van der Waals surface area contributed by atoms with E-state index in [0.29, 0.717) is 33.9 Å². The molecule has 11 heteroatoms. The van der Waals surface area contributed by atoms with E-state index in [-0.39, 0.29) is 33.7 Å². The van der Waals surface area contributed by atoms with E-state index in [1.54, 1.807) is 50.2 Å². The number of benzene rings is 2. The highest BCUT2D eigenvalue weighted by Gasteiger charge is 2.49. The maximum atomic E-state index is 13.6. The molecule has 0 spiro atoms. The number of carbonyl (C=O) groups is 3. The van der Waals surface area contributed by atoms with Crippen molar-refractivity contribution in [1.29, 1.82) is 0 Å². The number of aryl methyl sites for hydroxylation is 2. The van der Waals surface area contributed by atoms with E-state index >= 15 is 0 Å². The number of para-hydroxylation sites is 1. The van der Waals surface area contributed by atoms with Crippen LogP contribution in [-0.4, -0.2) is 55.7 Å². The van der Waals surface area contributed by atoms with Crippen molar-refractivity contribution in [2.75, 3.05) is 32.8 Å². The summed E-state index contributed by atoms with van der Waals surface area (Å²) in [5, 5.41) is 11.6. The second kappa shape index (κ2) is 11.6. The van der Waals surface area contributed by atoms with Crippen molar-refractivity contribution in [2.24, 2.45) is 0 Å². The van der Waals surface area contributed by atoms with Crippen LogP contribution in [0.15, 0.2) is 54.6 Å². The Kier molecular flexibility index (Phi) is 8.24. The minimum absolute atomic E-state index is 0.00174. The number of aromatic nitrogens is 1. The van der Waals surface area contributed by atoms with E-state index in [9.17, 15) is 19.5 Å². The Bertz CT molecular complexity index is 1540. The summed E-state index contributed by atoms with van der Waals surface area (Å²) < 4.78 is 21.5. The third-order valence-corrected chi connectivity index (χ3v) is 7.51. The van der Waals surface area contributed by atoms with E-state index < -0.39 is 23.7 Å². The van der Waals surface area contributed by atoms with Crippen LogP contribution in [0.2, 0.25) is 0 Å². The second-order valence-electron chi connectivity index (χ2n) is 8.73. The average Bonchev–Trinajstić information content (AvgIpc) is 3.46. The molecule has 1 aliphatic rings. The summed E-state index contributed by atoms with van der Waals surface area (Å²) in [6.45, 7) is 6.89. The zero-order valence-electron chi connectivity index (χ0n) is 22.6. The van der Waals surface area contributed by atoms with Crippen LogP contribution < -0.4 is 19.1 Å². The predicted octanol–water partition coefficient (Wildman–Crippen LogP) is 4.75. The molecule has 2 aromatic carbocycles. The SMILES string of the molecule is C=CCOC(=O)c1sc(N2C(=O)C(=O)C(=C(O)c3ccc(OC)cc3C)[C@@H]2c2cccc(OC)c2OC)nc1C. The van der Waals surface area contributed by atoms with Crippen LogP contribution in [0, 0.1) is 13.8 Å². The molecule has 1 N–H and O–H groups in total. The number of aliphatic hydroxyl groups excluding tert-OH is 1. The lowest BCUT2D eigenvalue weighted by atomic mass is 9.93. The molecular weight excluding hydrogens is 536 g/mol. The minimum Gasteiger partial charge on any atom is -0.507 e. The zero-order valence-corrected chi connectivity index (χ0v) is 23.5. The van der Waals surface area contributed by atoms with Gasteiger partial charge in [-0.05, 0) is 43.7 Å². The molecule has 1 saturated heterocycles. The second-order valence-corrected chi connectivity index (χ2v) is 9.71. The molecule has 0 radical (unpaired) electrons. The number of ether oxygens (including phenoxy) is 4. The molecular formula is C29H28N2O8S. The lowest BCUT2D eigenvalue weighted by molar-refractivity contribution is -0.132. The Labute approximate surface area is 235 Å². The molecule has 4 rings (SSSR count). The topological polar surface area (TPSA) is 124 Å². The fourth-order valence-corrected chi connectivity index (χ4v) is 5.49. The standard InChI is InChI=1S/C29H28N2O8S/c1-7-13-39-28(35)26-16(3)30-29(40-26)31-22(19-9-8-10-20(37-5)25(19)38-6)21(24(33)27(31)34)23(32)18-12-11-17(36-4)14-15(18)2/h7-12,14,22,32H,1,13H2,2-6H3/t22-/m0/s1. The van der Waals surface area contributed by atoms with Crippen molar-refractivity contribution < 1.29 is 38.4 Å². The van der Waals surface area contributed by atoms with Crippen molar-refractivity contribution in [3.05, 3.63) is 81.9 Å². The number of hydrogen-bond donors (Lipinski definition) is 1. The molecule has 0 unspecified atom stereocenters. The van der Waals surface area contributed by atoms with E-state index in [1.807, 2.05) is 0 Å². The summed E-state index contributed by atoms with van der Waals surface area (Å²) in [6.07, 6.45) is 1.43. The first-order valence-electron chi connectivity index (χ1n) is 12.1. The van der Waals surface area contributed by atoms with Crippen molar-refractivity contribution in [1.82, 2.24) is 4.98 Å². The first kappa shape index (κ1) is 28.4. The quantitative estimate of drug-likeness (QED) is 0.129. The number of methoxy groups -OCH3 is 3. The summed E-state index contributed by atoms with van der Waals surface area (Å²) >= 11 is 0.901. The lowest BCUT2D eigenvalue weighted by Crippen LogP contribution is -2.29. The molecule has 40 heavy (non-hydrogen) atoms. The Balaban J connectivity index is 1.98. The molecule has 1 aromatic heterocycles. The average molecular weight is 565 g/mol. The van der Waals surface area contributed by atoms with Crippen molar-refractivity contribution in [3.8, 4) is 17.2 Å². The van der Waals surface area contributed by atoms with E-state index in [0.717, 1.165) is 16.2 Å². The van der Waals surface area contributed by atoms with Crippen molar-refractivity contribution in [3.63, 3.8) is 0 Å². The number of thiazole rings is 1. The number of carbonyl (C=O) groups excluding carboxylic acids is 3. The van der Waals surface area contributed by atoms with Crippen LogP contribution in [0.1, 0.15) is 38.1 Å². The summed E-state index contributed by atoms with van der Waals surface area (Å²) in [4.78, 5) is 45.6. The number of rotatable bonds is 9. The fourth-order valence-electron chi connectivity index (χ4n) is 4.50. The zero-order chi connectivity index (χ0) is 29.1. The maximum absolute atomic E-state index is 13.6. The van der Waals surface area contributed by atoms with E-state index in [2.05, 4.69) is 11.6 Å². The third-order valence-electron chi connectivity index (χ3n) is 6.37. The Morgan fingerprint density at radius 2 is 1.88 bits per heavy atom. The first-order valence-corrected chi connectivity index (χ1v) is 12.9. The normalized spacial score (nSPS) is 16.1. The van der Waals surface area contributed by atoms with Crippen LogP contribution in [0.3, 0.4) is 0 Å². The van der Waals surface area contributed by atoms with Gasteiger partial charge in [0.1, 0.15) is 29.0 Å². The van der Waals surface area contributed by atoms with Gasteiger partial charge in [0.15, 0.2) is 16.6 Å². The van der Waals surface area contributed by atoms with Crippen molar-refractivity contribution >= 4 is 39.9 Å². The number of anilines is 1. The highest BCUT2D eigenvalue weighted by Crippen LogP contribution is 2.48. The molecule has 0 bridgehead atoms. The number of amides is 1. The van der Waals surface area contributed by atoms with Gasteiger partial charge < -0.3 is 24.1 Å². The molecule has 1 amide bonds. The number of hydrogen-bond acceptors (Lipinski definition) is 10. The molecule has 1 fully saturated rings. The van der Waals surface area contributed by atoms with Gasteiger partial charge in [-0.15, -0.1) is 0 Å². The van der Waals surface area contributed by atoms with Crippen molar-refractivity contribution in [2.45, 2.75) is 19.9 Å². The molecule has 208 valence electrons. The maximum Gasteiger partial charge on any atom is 0.350 e. The highest BCUT2D eigenvalue weighted by atomic mass is 32.1. The largest absolute Gasteiger partial charge is 0.507 e. The Hall–Kier alpha value is -4.64. The monoisotopic (exact) mass is 564 g/mol. The van der Waals surface area contributed by atoms with Crippen LogP contribution in [-0.2, 0) is 14.3 Å². The van der Waals surface area contributed by atoms with Gasteiger partial charge >= 0.3 is 11.9 Å². The Morgan fingerprint density at radius 3 is 2.50 bits per heavy atom. The number of aliphatic hydroxyl groups is 1. The molecule has 10 nitrogen and oxygen atoms in total. The number of ketones is 1. The number of Topliss-reactive ketones (excluding diaryl/α,β-unsaturated/α-hetero) is 1.